The molecule has 0 aromatic carbocycles. The third kappa shape index (κ3) is 7.93. The van der Waals surface area contributed by atoms with Crippen LogP contribution in [0.1, 0.15) is 72.6 Å². The molecule has 0 rings (SSSR count). The maximum absolute atomic E-state index is 6.22. The van der Waals surface area contributed by atoms with Gasteiger partial charge in [0, 0.05) is 19.8 Å². The predicted octanol–water partition coefficient (Wildman–Crippen LogP) is 5.81. The number of hydrogen-bond donors (Lipinski definition) is 0. The first-order valence-corrected chi connectivity index (χ1v) is 11.6. The molecule has 0 saturated carbocycles. The van der Waals surface area contributed by atoms with Gasteiger partial charge in [0.15, 0.2) is 0 Å². The first-order valence-electron chi connectivity index (χ1n) is 8.29. The lowest BCUT2D eigenvalue weighted by Crippen LogP contribution is -2.59. The van der Waals surface area contributed by atoms with E-state index in [1.807, 2.05) is 0 Å². The molecule has 21 heavy (non-hydrogen) atoms. The Hall–Kier alpha value is 1.06. The van der Waals surface area contributed by atoms with Crippen molar-refractivity contribution < 1.29 is 13.3 Å². The van der Waals surface area contributed by atoms with E-state index in [0.29, 0.717) is 19.8 Å². The van der Waals surface area contributed by atoms with Crippen molar-refractivity contribution in [2.75, 3.05) is 19.8 Å². The van der Waals surface area contributed by atoms with E-state index in [1.165, 1.54) is 0 Å². The van der Waals surface area contributed by atoms with Gasteiger partial charge < -0.3 is 13.3 Å². The van der Waals surface area contributed by atoms with Crippen LogP contribution in [0.25, 0.3) is 0 Å². The van der Waals surface area contributed by atoms with Gasteiger partial charge in [0.1, 0.15) is 2.86 Å². The molecule has 0 unspecified atom stereocenters. The van der Waals surface area contributed by atoms with Crippen molar-refractivity contribution in [3.8, 4) is 0 Å². The summed E-state index contributed by atoms with van der Waals surface area (Å²) in [4.78, 5) is 0. The van der Waals surface area contributed by atoms with Crippen LogP contribution < -0.4 is 0 Å². The van der Waals surface area contributed by atoms with E-state index < -0.39 is 11.7 Å². The van der Waals surface area contributed by atoms with Crippen molar-refractivity contribution in [1.82, 2.24) is 0 Å². The fraction of sp³-hybridized carbons (Fsp3) is 1.00. The second-order valence-electron chi connectivity index (χ2n) is 5.22. The van der Waals surface area contributed by atoms with Crippen LogP contribution in [0.15, 0.2) is 0 Å². The smallest absolute Gasteiger partial charge is 0.372 e. The van der Waals surface area contributed by atoms with Crippen molar-refractivity contribution in [3.63, 3.8) is 0 Å². The third-order valence-corrected chi connectivity index (χ3v) is 10.3. The molecule has 3 nitrogen and oxygen atoms in total. The Labute approximate surface area is 149 Å². The first kappa shape index (κ1) is 22.1. The Morgan fingerprint density at radius 2 is 1.05 bits per heavy atom. The van der Waals surface area contributed by atoms with Crippen LogP contribution in [0.3, 0.4) is 0 Å². The van der Waals surface area contributed by atoms with E-state index in [1.54, 1.807) is 0 Å². The van der Waals surface area contributed by atoms with E-state index in [2.05, 4.69) is 59.6 Å². The highest BCUT2D eigenvalue weighted by Gasteiger charge is 2.58. The average Bonchev–Trinajstić information content (AvgIpc) is 2.47. The van der Waals surface area contributed by atoms with Gasteiger partial charge in [-0.3, -0.25) is 0 Å². The van der Waals surface area contributed by atoms with Crippen molar-refractivity contribution in [2.24, 2.45) is 0 Å². The molecule has 0 aliphatic heterocycles. The van der Waals surface area contributed by atoms with Crippen LogP contribution in [0.4, 0.5) is 0 Å². The van der Waals surface area contributed by atoms with E-state index >= 15 is 0 Å². The summed E-state index contributed by atoms with van der Waals surface area (Å²) < 4.78 is 18.3. The molecule has 0 aromatic rings. The minimum Gasteiger partial charge on any atom is -0.372 e. The number of hydrogen-bond acceptors (Lipinski definition) is 3. The molecule has 0 aliphatic carbocycles. The Morgan fingerprint density at radius 3 is 1.29 bits per heavy atom. The summed E-state index contributed by atoms with van der Waals surface area (Å²) in [5.74, 6) is 0. The maximum Gasteiger partial charge on any atom is 0.529 e. The van der Waals surface area contributed by atoms with Crippen molar-refractivity contribution in [2.45, 2.75) is 75.5 Å². The molecule has 0 aromatic heterocycles. The zero-order valence-corrected chi connectivity index (χ0v) is 18.2. The largest absolute Gasteiger partial charge is 0.529 e. The molecule has 0 bridgehead atoms. The van der Waals surface area contributed by atoms with E-state index in [9.17, 15) is 0 Å². The average molecular weight is 448 g/mol. The molecule has 0 heterocycles. The summed E-state index contributed by atoms with van der Waals surface area (Å²) in [6.07, 6.45) is 7.27. The molecule has 0 amide bonds. The molecule has 0 atom stereocenters. The molecular formula is C15H32Br2O3Si. The summed E-state index contributed by atoms with van der Waals surface area (Å²) in [5.41, 5.74) is 0. The monoisotopic (exact) mass is 446 g/mol. The topological polar surface area (TPSA) is 27.7 Å². The highest BCUT2D eigenvalue weighted by atomic mass is 79.9. The zero-order chi connectivity index (χ0) is 16.2. The van der Waals surface area contributed by atoms with Gasteiger partial charge in [-0.15, -0.1) is 0 Å². The molecule has 0 fully saturated rings. The second-order valence-corrected chi connectivity index (χ2v) is 13.3. The molecule has 0 aliphatic rings. The number of halogens is 2. The predicted molar refractivity (Wildman–Crippen MR) is 99.2 cm³/mol. The van der Waals surface area contributed by atoms with E-state index in [-0.39, 0.29) is 0 Å². The second kappa shape index (κ2) is 12.5. The Balaban J connectivity index is 4.96. The zero-order valence-electron chi connectivity index (χ0n) is 14.1. The normalized spacial score (nSPS) is 12.9. The SMILES string of the molecule is CCCCO[Si](OCCCC)(OCCCC)C(Br)(Br)CC. The maximum atomic E-state index is 6.22. The lowest BCUT2D eigenvalue weighted by molar-refractivity contribution is 0.0527. The fourth-order valence-electron chi connectivity index (χ4n) is 1.71. The summed E-state index contributed by atoms with van der Waals surface area (Å²) in [7, 11) is -2.80. The summed E-state index contributed by atoms with van der Waals surface area (Å²) in [6.45, 7) is 10.7. The fourth-order valence-corrected chi connectivity index (χ4v) is 6.33. The summed E-state index contributed by atoms with van der Waals surface area (Å²) in [6, 6.07) is 0. The quantitative estimate of drug-likeness (QED) is 0.191. The molecule has 0 spiro atoms. The highest BCUT2D eigenvalue weighted by molar-refractivity contribution is 9.26. The molecule has 0 radical (unpaired) electrons. The molecule has 128 valence electrons. The Kier molecular flexibility index (Phi) is 13.1. The van der Waals surface area contributed by atoms with E-state index in [0.717, 1.165) is 44.9 Å². The van der Waals surface area contributed by atoms with Gasteiger partial charge in [-0.25, -0.2) is 0 Å². The molecule has 0 saturated heterocycles. The van der Waals surface area contributed by atoms with Crippen LogP contribution >= 0.6 is 31.9 Å². The van der Waals surface area contributed by atoms with Gasteiger partial charge in [0.05, 0.1) is 0 Å². The van der Waals surface area contributed by atoms with Crippen LogP contribution in [-0.2, 0) is 13.3 Å². The standard InChI is InChI=1S/C15H32Br2O3Si/c1-5-9-12-18-21(15(16,17)8-4,19-13-10-6-2)20-14-11-7-3/h5-14H2,1-4H3. The summed E-state index contributed by atoms with van der Waals surface area (Å²) >= 11 is 7.53. The van der Waals surface area contributed by atoms with Gasteiger partial charge in [0.25, 0.3) is 0 Å². The van der Waals surface area contributed by atoms with Gasteiger partial charge in [-0.05, 0) is 25.7 Å². The first-order chi connectivity index (χ1) is 9.99. The van der Waals surface area contributed by atoms with Gasteiger partial charge >= 0.3 is 8.80 Å². The minimum absolute atomic E-state index is 0.401. The minimum atomic E-state index is -2.80. The van der Waals surface area contributed by atoms with Crippen LogP contribution in [0.5, 0.6) is 0 Å². The number of alkyl halides is 2. The van der Waals surface area contributed by atoms with Crippen molar-refractivity contribution in [3.05, 3.63) is 0 Å². The lowest BCUT2D eigenvalue weighted by Gasteiger charge is -2.38. The molecular weight excluding hydrogens is 416 g/mol. The Bertz CT molecular complexity index is 227. The van der Waals surface area contributed by atoms with Gasteiger partial charge in [-0.1, -0.05) is 78.8 Å². The van der Waals surface area contributed by atoms with Crippen LogP contribution in [0, 0.1) is 0 Å². The molecule has 6 heteroatoms. The van der Waals surface area contributed by atoms with Crippen LogP contribution in [0.2, 0.25) is 0 Å². The van der Waals surface area contributed by atoms with Crippen LogP contribution in [-0.4, -0.2) is 31.5 Å². The van der Waals surface area contributed by atoms with Gasteiger partial charge in [0.2, 0.25) is 0 Å². The lowest BCUT2D eigenvalue weighted by atomic mass is 10.4. The van der Waals surface area contributed by atoms with E-state index in [4.69, 9.17) is 13.3 Å². The number of unbranched alkanes of at least 4 members (excludes halogenated alkanes) is 3. The highest BCUT2D eigenvalue weighted by Crippen LogP contribution is 2.42. The summed E-state index contributed by atoms with van der Waals surface area (Å²) in [5, 5.41) is 0. The van der Waals surface area contributed by atoms with Gasteiger partial charge in [-0.2, -0.15) is 0 Å². The Morgan fingerprint density at radius 1 is 0.714 bits per heavy atom. The number of rotatable bonds is 14. The van der Waals surface area contributed by atoms with Crippen molar-refractivity contribution in [1.29, 1.82) is 0 Å². The van der Waals surface area contributed by atoms with Crippen molar-refractivity contribution >= 4 is 40.7 Å². The third-order valence-electron chi connectivity index (χ3n) is 3.26. The molecule has 0 N–H and O–H groups in total.